The molecule has 0 N–H and O–H groups in total. The molecule has 0 bridgehead atoms. The molecule has 2 aromatic rings. The standard InChI is InChI=1S/C19H27N3O/c1-19(2)11-16(9-10-23-19)13-21(3)14-17-12-20-22(15-17)18-7-5-4-6-8-18/h4-8,12,15-16H,9-11,13-14H2,1-3H3/t16-/m1/s1. The van der Waals surface area contributed by atoms with Gasteiger partial charge in [0.1, 0.15) is 0 Å². The summed E-state index contributed by atoms with van der Waals surface area (Å²) in [6.45, 7) is 7.33. The Bertz CT molecular complexity index is 621. The summed E-state index contributed by atoms with van der Waals surface area (Å²) in [6.07, 6.45) is 6.40. The molecular weight excluding hydrogens is 286 g/mol. The molecule has 0 aliphatic carbocycles. The van der Waals surface area contributed by atoms with Crippen LogP contribution in [0.15, 0.2) is 42.7 Å². The van der Waals surface area contributed by atoms with Gasteiger partial charge >= 0.3 is 0 Å². The summed E-state index contributed by atoms with van der Waals surface area (Å²) in [5.74, 6) is 0.716. The van der Waals surface area contributed by atoms with Crippen LogP contribution in [0.4, 0.5) is 0 Å². The van der Waals surface area contributed by atoms with Gasteiger partial charge in [0, 0.05) is 31.5 Å². The summed E-state index contributed by atoms with van der Waals surface area (Å²) in [4.78, 5) is 2.40. The van der Waals surface area contributed by atoms with E-state index < -0.39 is 0 Å². The Kier molecular flexibility index (Phi) is 4.83. The van der Waals surface area contributed by atoms with Crippen LogP contribution < -0.4 is 0 Å². The molecule has 0 unspecified atom stereocenters. The zero-order valence-corrected chi connectivity index (χ0v) is 14.4. The summed E-state index contributed by atoms with van der Waals surface area (Å²) >= 11 is 0. The predicted molar refractivity (Wildman–Crippen MR) is 92.7 cm³/mol. The van der Waals surface area contributed by atoms with E-state index in [4.69, 9.17) is 4.74 Å². The number of benzene rings is 1. The van der Waals surface area contributed by atoms with E-state index in [1.54, 1.807) is 0 Å². The van der Waals surface area contributed by atoms with E-state index >= 15 is 0 Å². The Balaban J connectivity index is 1.56. The predicted octanol–water partition coefficient (Wildman–Crippen LogP) is 3.51. The molecule has 1 aromatic heterocycles. The minimum absolute atomic E-state index is 0.0297. The molecule has 1 aliphatic heterocycles. The van der Waals surface area contributed by atoms with Crippen molar-refractivity contribution < 1.29 is 4.74 Å². The average Bonchev–Trinajstić information content (AvgIpc) is 2.95. The van der Waals surface area contributed by atoms with Gasteiger partial charge in [0.05, 0.1) is 17.5 Å². The van der Waals surface area contributed by atoms with Gasteiger partial charge in [0.25, 0.3) is 0 Å². The van der Waals surface area contributed by atoms with Crippen LogP contribution in [0.3, 0.4) is 0 Å². The summed E-state index contributed by atoms with van der Waals surface area (Å²) in [5.41, 5.74) is 2.39. The van der Waals surface area contributed by atoms with Gasteiger partial charge in [-0.3, -0.25) is 0 Å². The fraction of sp³-hybridized carbons (Fsp3) is 0.526. The van der Waals surface area contributed by atoms with E-state index in [-0.39, 0.29) is 5.60 Å². The zero-order valence-electron chi connectivity index (χ0n) is 14.4. The number of nitrogens with zero attached hydrogens (tertiary/aromatic N) is 3. The third kappa shape index (κ3) is 4.43. The van der Waals surface area contributed by atoms with Crippen LogP contribution in [-0.4, -0.2) is 40.5 Å². The van der Waals surface area contributed by atoms with Crippen LogP contribution >= 0.6 is 0 Å². The first-order valence-electron chi connectivity index (χ1n) is 8.43. The Labute approximate surface area is 139 Å². The van der Waals surface area contributed by atoms with Crippen molar-refractivity contribution in [2.75, 3.05) is 20.2 Å². The van der Waals surface area contributed by atoms with E-state index in [0.29, 0.717) is 5.92 Å². The second-order valence-electron chi connectivity index (χ2n) is 7.29. The van der Waals surface area contributed by atoms with Crippen molar-refractivity contribution in [1.82, 2.24) is 14.7 Å². The van der Waals surface area contributed by atoms with Crippen molar-refractivity contribution in [1.29, 1.82) is 0 Å². The largest absolute Gasteiger partial charge is 0.376 e. The van der Waals surface area contributed by atoms with Gasteiger partial charge in [-0.1, -0.05) is 18.2 Å². The lowest BCUT2D eigenvalue weighted by atomic mass is 9.88. The SMILES string of the molecule is CN(Cc1cnn(-c2ccccc2)c1)C[C@@H]1CCOC(C)(C)C1. The summed E-state index contributed by atoms with van der Waals surface area (Å²) in [7, 11) is 2.20. The fourth-order valence-electron chi connectivity index (χ4n) is 3.49. The van der Waals surface area contributed by atoms with Crippen molar-refractivity contribution in [3.8, 4) is 5.69 Å². The van der Waals surface area contributed by atoms with Gasteiger partial charge in [0.15, 0.2) is 0 Å². The van der Waals surface area contributed by atoms with Gasteiger partial charge in [-0.05, 0) is 51.8 Å². The number of rotatable bonds is 5. The minimum Gasteiger partial charge on any atom is -0.376 e. The van der Waals surface area contributed by atoms with Crippen LogP contribution in [0.2, 0.25) is 0 Å². The number of hydrogen-bond acceptors (Lipinski definition) is 3. The number of hydrogen-bond donors (Lipinski definition) is 0. The second-order valence-corrected chi connectivity index (χ2v) is 7.29. The molecule has 1 aromatic carbocycles. The lowest BCUT2D eigenvalue weighted by molar-refractivity contribution is -0.0761. The van der Waals surface area contributed by atoms with Crippen molar-refractivity contribution in [3.63, 3.8) is 0 Å². The average molecular weight is 313 g/mol. The number of ether oxygens (including phenoxy) is 1. The topological polar surface area (TPSA) is 30.3 Å². The van der Waals surface area contributed by atoms with Gasteiger partial charge in [0.2, 0.25) is 0 Å². The minimum atomic E-state index is 0.0297. The molecule has 1 atom stereocenters. The molecule has 1 saturated heterocycles. The third-order valence-electron chi connectivity index (χ3n) is 4.48. The van der Waals surface area contributed by atoms with Crippen LogP contribution in [-0.2, 0) is 11.3 Å². The Morgan fingerprint density at radius 2 is 2.09 bits per heavy atom. The van der Waals surface area contributed by atoms with Crippen LogP contribution in [0.1, 0.15) is 32.3 Å². The van der Waals surface area contributed by atoms with E-state index in [1.165, 1.54) is 5.56 Å². The zero-order chi connectivity index (χ0) is 16.3. The van der Waals surface area contributed by atoms with Crippen LogP contribution in [0.25, 0.3) is 5.69 Å². The molecule has 2 heterocycles. The highest BCUT2D eigenvalue weighted by Gasteiger charge is 2.29. The van der Waals surface area contributed by atoms with Crippen molar-refractivity contribution >= 4 is 0 Å². The van der Waals surface area contributed by atoms with Crippen LogP contribution in [0, 0.1) is 5.92 Å². The molecule has 4 heteroatoms. The molecule has 1 aliphatic rings. The third-order valence-corrected chi connectivity index (χ3v) is 4.48. The number of aromatic nitrogens is 2. The molecular formula is C19H27N3O. The van der Waals surface area contributed by atoms with Gasteiger partial charge < -0.3 is 9.64 Å². The van der Waals surface area contributed by atoms with Crippen molar-refractivity contribution in [3.05, 3.63) is 48.3 Å². The van der Waals surface area contributed by atoms with Crippen LogP contribution in [0.5, 0.6) is 0 Å². The number of para-hydroxylation sites is 1. The van der Waals surface area contributed by atoms with Crippen molar-refractivity contribution in [2.24, 2.45) is 5.92 Å². The molecule has 4 nitrogen and oxygen atoms in total. The Hall–Kier alpha value is -1.65. The molecule has 23 heavy (non-hydrogen) atoms. The first-order valence-corrected chi connectivity index (χ1v) is 8.43. The molecule has 0 spiro atoms. The quantitative estimate of drug-likeness (QED) is 0.846. The lowest BCUT2D eigenvalue weighted by Gasteiger charge is -2.37. The maximum Gasteiger partial charge on any atom is 0.0645 e. The van der Waals surface area contributed by atoms with E-state index in [0.717, 1.165) is 38.2 Å². The maximum absolute atomic E-state index is 5.82. The summed E-state index contributed by atoms with van der Waals surface area (Å²) in [5, 5.41) is 4.48. The molecule has 0 saturated carbocycles. The molecule has 1 fully saturated rings. The molecule has 3 rings (SSSR count). The van der Waals surface area contributed by atoms with Gasteiger partial charge in [-0.15, -0.1) is 0 Å². The van der Waals surface area contributed by atoms with E-state index in [2.05, 4.69) is 49.2 Å². The molecule has 0 radical (unpaired) electrons. The second kappa shape index (κ2) is 6.85. The highest BCUT2D eigenvalue weighted by atomic mass is 16.5. The van der Waals surface area contributed by atoms with Gasteiger partial charge in [-0.25, -0.2) is 4.68 Å². The molecule has 0 amide bonds. The maximum atomic E-state index is 5.82. The monoisotopic (exact) mass is 313 g/mol. The lowest BCUT2D eigenvalue weighted by Crippen LogP contribution is -2.38. The first kappa shape index (κ1) is 16.2. The highest BCUT2D eigenvalue weighted by molar-refractivity contribution is 5.30. The fourth-order valence-corrected chi connectivity index (χ4v) is 3.49. The van der Waals surface area contributed by atoms with E-state index in [9.17, 15) is 0 Å². The Morgan fingerprint density at radius 1 is 1.30 bits per heavy atom. The smallest absolute Gasteiger partial charge is 0.0645 e. The van der Waals surface area contributed by atoms with E-state index in [1.807, 2.05) is 29.1 Å². The van der Waals surface area contributed by atoms with Crippen molar-refractivity contribution in [2.45, 2.75) is 38.8 Å². The Morgan fingerprint density at radius 3 is 2.83 bits per heavy atom. The summed E-state index contributed by atoms with van der Waals surface area (Å²) in [6, 6.07) is 10.2. The first-order chi connectivity index (χ1) is 11.0. The van der Waals surface area contributed by atoms with Gasteiger partial charge in [-0.2, -0.15) is 5.10 Å². The highest BCUT2D eigenvalue weighted by Crippen LogP contribution is 2.29. The normalized spacial score (nSPS) is 20.8. The summed E-state index contributed by atoms with van der Waals surface area (Å²) < 4.78 is 7.76. The molecule has 124 valence electrons.